The molecule has 0 aliphatic heterocycles. The minimum atomic E-state index is -1.05. The van der Waals surface area contributed by atoms with Gasteiger partial charge in [0, 0.05) is 0 Å². The van der Waals surface area contributed by atoms with Crippen molar-refractivity contribution in [3.05, 3.63) is 68.2 Å². The van der Waals surface area contributed by atoms with Crippen molar-refractivity contribution in [3.8, 4) is 0 Å². The molecule has 0 saturated carbocycles. The summed E-state index contributed by atoms with van der Waals surface area (Å²) in [4.78, 5) is 35.2. The number of aliphatic carboxylic acids is 1. The Morgan fingerprint density at radius 3 is 2.52 bits per heavy atom. The average Bonchev–Trinajstić information content (AvgIpc) is 2.44. The number of halogens is 1. The van der Waals surface area contributed by atoms with Gasteiger partial charge in [0.1, 0.15) is 0 Å². The maximum absolute atomic E-state index is 13.2. The molecule has 1 atom stereocenters. The van der Waals surface area contributed by atoms with Crippen LogP contribution in [0.2, 0.25) is 0 Å². The molecular weight excluding hydrogens is 279 g/mol. The molecule has 0 saturated heterocycles. The second-order valence-corrected chi connectivity index (χ2v) is 4.67. The zero-order chi connectivity index (χ0) is 15.6. The fourth-order valence-electron chi connectivity index (χ4n) is 1.85. The van der Waals surface area contributed by atoms with E-state index in [9.17, 15) is 18.8 Å². The van der Waals surface area contributed by atoms with Crippen LogP contribution in [0.25, 0.3) is 0 Å². The van der Waals surface area contributed by atoms with Crippen LogP contribution >= 0.6 is 0 Å². The monoisotopic (exact) mass is 292 g/mol. The molecule has 110 valence electrons. The molecule has 7 heteroatoms. The van der Waals surface area contributed by atoms with E-state index in [1.165, 1.54) is 0 Å². The molecule has 2 N–H and O–H groups in total. The van der Waals surface area contributed by atoms with Gasteiger partial charge in [0.05, 0.1) is 18.7 Å². The van der Waals surface area contributed by atoms with Crippen molar-refractivity contribution in [2.75, 3.05) is 0 Å². The Kier molecular flexibility index (Phi) is 4.02. The molecule has 21 heavy (non-hydrogen) atoms. The lowest BCUT2D eigenvalue weighted by Gasteiger charge is -2.09. The molecule has 1 unspecified atom stereocenters. The lowest BCUT2D eigenvalue weighted by Crippen LogP contribution is -2.31. The number of nitrogens with zero attached hydrogens (tertiary/aromatic N) is 1. The van der Waals surface area contributed by atoms with Gasteiger partial charge in [-0.3, -0.25) is 19.1 Å². The van der Waals surface area contributed by atoms with Crippen molar-refractivity contribution in [2.45, 2.75) is 19.4 Å². The van der Waals surface area contributed by atoms with Crippen LogP contribution in [0.15, 0.2) is 40.1 Å². The minimum absolute atomic E-state index is 0.0776. The Hall–Kier alpha value is -2.70. The SMILES string of the molecule is CC(C(=O)O)c1ccc(Cn2cc(F)c(=O)[nH]c2=O)cc1. The molecule has 0 amide bonds. The molecule has 0 aliphatic rings. The average molecular weight is 292 g/mol. The first kappa shape index (κ1) is 14.7. The largest absolute Gasteiger partial charge is 0.481 e. The van der Waals surface area contributed by atoms with E-state index in [1.807, 2.05) is 4.98 Å². The van der Waals surface area contributed by atoms with E-state index < -0.39 is 29.0 Å². The zero-order valence-corrected chi connectivity index (χ0v) is 11.2. The molecular formula is C14H13FN2O4. The van der Waals surface area contributed by atoms with Crippen LogP contribution in [0, 0.1) is 5.82 Å². The summed E-state index contributed by atoms with van der Waals surface area (Å²) in [5.74, 6) is -2.60. The number of nitrogens with one attached hydrogen (secondary N) is 1. The predicted molar refractivity (Wildman–Crippen MR) is 72.9 cm³/mol. The summed E-state index contributed by atoms with van der Waals surface area (Å²) in [5.41, 5.74) is -0.442. The van der Waals surface area contributed by atoms with Gasteiger partial charge < -0.3 is 5.11 Å². The fourth-order valence-corrected chi connectivity index (χ4v) is 1.85. The molecule has 0 fully saturated rings. The van der Waals surface area contributed by atoms with E-state index in [-0.39, 0.29) is 6.54 Å². The Labute approximate surface area is 118 Å². The van der Waals surface area contributed by atoms with Crippen molar-refractivity contribution in [2.24, 2.45) is 0 Å². The van der Waals surface area contributed by atoms with Gasteiger partial charge in [0.2, 0.25) is 5.82 Å². The van der Waals surface area contributed by atoms with Crippen molar-refractivity contribution in [3.63, 3.8) is 0 Å². The Morgan fingerprint density at radius 1 is 1.33 bits per heavy atom. The lowest BCUT2D eigenvalue weighted by molar-refractivity contribution is -0.138. The normalized spacial score (nSPS) is 12.1. The molecule has 2 rings (SSSR count). The van der Waals surface area contributed by atoms with Crippen molar-refractivity contribution < 1.29 is 14.3 Å². The van der Waals surface area contributed by atoms with E-state index in [0.717, 1.165) is 10.8 Å². The Balaban J connectivity index is 2.25. The number of aromatic amines is 1. The highest BCUT2D eigenvalue weighted by Crippen LogP contribution is 2.16. The smallest absolute Gasteiger partial charge is 0.328 e. The molecule has 2 aromatic rings. The van der Waals surface area contributed by atoms with Crippen LogP contribution < -0.4 is 11.2 Å². The third-order valence-electron chi connectivity index (χ3n) is 3.17. The van der Waals surface area contributed by atoms with Gasteiger partial charge in [0.15, 0.2) is 0 Å². The predicted octanol–water partition coefficient (Wildman–Crippen LogP) is 0.912. The summed E-state index contributed by atoms with van der Waals surface area (Å²) in [6.45, 7) is 1.65. The van der Waals surface area contributed by atoms with E-state index >= 15 is 0 Å². The van der Waals surface area contributed by atoms with Gasteiger partial charge >= 0.3 is 11.7 Å². The number of carbonyl (C=O) groups is 1. The molecule has 0 radical (unpaired) electrons. The number of carboxylic acid groups (broad SMARTS) is 1. The molecule has 0 aliphatic carbocycles. The van der Waals surface area contributed by atoms with Crippen LogP contribution in [0.4, 0.5) is 4.39 Å². The number of hydrogen-bond acceptors (Lipinski definition) is 3. The topological polar surface area (TPSA) is 92.2 Å². The summed E-state index contributed by atoms with van der Waals surface area (Å²) < 4.78 is 14.2. The third kappa shape index (κ3) is 3.25. The van der Waals surface area contributed by atoms with Crippen LogP contribution in [-0.4, -0.2) is 20.6 Å². The molecule has 1 heterocycles. The van der Waals surface area contributed by atoms with Crippen molar-refractivity contribution >= 4 is 5.97 Å². The van der Waals surface area contributed by atoms with E-state index in [2.05, 4.69) is 0 Å². The number of carboxylic acids is 1. The van der Waals surface area contributed by atoms with Crippen LogP contribution in [0.1, 0.15) is 24.0 Å². The second kappa shape index (κ2) is 5.74. The zero-order valence-electron chi connectivity index (χ0n) is 11.2. The van der Waals surface area contributed by atoms with E-state index in [1.54, 1.807) is 31.2 Å². The van der Waals surface area contributed by atoms with Gasteiger partial charge in [-0.15, -0.1) is 0 Å². The van der Waals surface area contributed by atoms with Gasteiger partial charge in [-0.1, -0.05) is 24.3 Å². The van der Waals surface area contributed by atoms with Gasteiger partial charge in [-0.2, -0.15) is 4.39 Å². The number of benzene rings is 1. The Bertz CT molecular complexity index is 777. The van der Waals surface area contributed by atoms with Crippen LogP contribution in [0.3, 0.4) is 0 Å². The maximum Gasteiger partial charge on any atom is 0.328 e. The second-order valence-electron chi connectivity index (χ2n) is 4.67. The first-order chi connectivity index (χ1) is 9.88. The maximum atomic E-state index is 13.2. The molecule has 6 nitrogen and oxygen atoms in total. The summed E-state index contributed by atoms with van der Waals surface area (Å²) in [7, 11) is 0. The highest BCUT2D eigenvalue weighted by molar-refractivity contribution is 5.75. The summed E-state index contributed by atoms with van der Waals surface area (Å²) in [5, 5.41) is 8.91. The number of H-pyrrole nitrogens is 1. The summed E-state index contributed by atoms with van der Waals surface area (Å²) in [6, 6.07) is 6.59. The molecule has 1 aromatic carbocycles. The molecule has 0 spiro atoms. The fraction of sp³-hybridized carbons (Fsp3) is 0.214. The van der Waals surface area contributed by atoms with Crippen LogP contribution in [-0.2, 0) is 11.3 Å². The number of rotatable bonds is 4. The Morgan fingerprint density at radius 2 is 1.95 bits per heavy atom. The van der Waals surface area contributed by atoms with Crippen LogP contribution in [0.5, 0.6) is 0 Å². The van der Waals surface area contributed by atoms with E-state index in [0.29, 0.717) is 11.1 Å². The third-order valence-corrected chi connectivity index (χ3v) is 3.17. The van der Waals surface area contributed by atoms with E-state index in [4.69, 9.17) is 5.11 Å². The van der Waals surface area contributed by atoms with Gasteiger partial charge in [0.25, 0.3) is 5.56 Å². The standard InChI is InChI=1S/C14H13FN2O4/c1-8(13(19)20)10-4-2-9(3-5-10)6-17-7-11(15)12(18)16-14(17)21/h2-5,7-8H,6H2,1H3,(H,19,20)(H,16,18,21). The lowest BCUT2D eigenvalue weighted by atomic mass is 10.00. The summed E-state index contributed by atoms with van der Waals surface area (Å²) in [6.07, 6.45) is 0.842. The van der Waals surface area contributed by atoms with Gasteiger partial charge in [-0.25, -0.2) is 4.79 Å². The number of hydrogen-bond donors (Lipinski definition) is 2. The molecule has 1 aromatic heterocycles. The first-order valence-electron chi connectivity index (χ1n) is 6.19. The highest BCUT2D eigenvalue weighted by atomic mass is 19.1. The summed E-state index contributed by atoms with van der Waals surface area (Å²) >= 11 is 0. The molecule has 0 bridgehead atoms. The van der Waals surface area contributed by atoms with Crippen molar-refractivity contribution in [1.82, 2.24) is 9.55 Å². The quantitative estimate of drug-likeness (QED) is 0.876. The van der Waals surface area contributed by atoms with Crippen molar-refractivity contribution in [1.29, 1.82) is 0 Å². The highest BCUT2D eigenvalue weighted by Gasteiger charge is 2.13. The van der Waals surface area contributed by atoms with Gasteiger partial charge in [-0.05, 0) is 18.1 Å². The minimum Gasteiger partial charge on any atom is -0.481 e. The number of aromatic nitrogens is 2. The first-order valence-corrected chi connectivity index (χ1v) is 6.19.